The van der Waals surface area contributed by atoms with Crippen molar-refractivity contribution in [2.75, 3.05) is 0 Å². The zero-order chi connectivity index (χ0) is 34.9. The van der Waals surface area contributed by atoms with Gasteiger partial charge in [0.1, 0.15) is 0 Å². The van der Waals surface area contributed by atoms with E-state index in [2.05, 4.69) is 152 Å². The van der Waals surface area contributed by atoms with E-state index in [1.807, 2.05) is 18.2 Å². The number of rotatable bonds is 4. The molecule has 3 heterocycles. The minimum atomic E-state index is 0.616. The third-order valence-electron chi connectivity index (χ3n) is 10.3. The van der Waals surface area contributed by atoms with E-state index in [4.69, 9.17) is 19.9 Å². The van der Waals surface area contributed by atoms with Gasteiger partial charge in [-0.15, -0.1) is 11.3 Å². The highest BCUT2D eigenvalue weighted by atomic mass is 32.1. The standard InChI is InChI=1S/C48H28N4S/c1-2-13-29(14-3-1)46-50-47(52-48(51-46)32-25-26-37-35-19-5-4-17-33(35)34-18-6-7-20-36(34)41(37)28-32)31-16-12-15-30(27-31)43-38-21-8-9-22-39(38)45-44(49-43)40-23-10-11-24-42(40)53-45/h1-28H. The summed E-state index contributed by atoms with van der Waals surface area (Å²) in [7, 11) is 0. The van der Waals surface area contributed by atoms with Gasteiger partial charge in [0.15, 0.2) is 17.5 Å². The minimum Gasteiger partial charge on any atom is -0.246 e. The molecule has 246 valence electrons. The lowest BCUT2D eigenvalue weighted by Crippen LogP contribution is -2.00. The second-order valence-electron chi connectivity index (χ2n) is 13.4. The number of aromatic nitrogens is 4. The molecule has 4 nitrogen and oxygen atoms in total. The first-order valence-corrected chi connectivity index (χ1v) is 18.5. The number of thiophene rings is 1. The van der Waals surface area contributed by atoms with Crippen molar-refractivity contribution >= 4 is 74.7 Å². The van der Waals surface area contributed by atoms with Gasteiger partial charge >= 0.3 is 0 Å². The molecule has 0 spiro atoms. The van der Waals surface area contributed by atoms with Crippen molar-refractivity contribution in [3.8, 4) is 45.4 Å². The van der Waals surface area contributed by atoms with Crippen LogP contribution in [-0.2, 0) is 0 Å². The molecular formula is C48H28N4S. The van der Waals surface area contributed by atoms with Crippen LogP contribution in [0.5, 0.6) is 0 Å². The second-order valence-corrected chi connectivity index (χ2v) is 14.4. The summed E-state index contributed by atoms with van der Waals surface area (Å²) in [5, 5.41) is 10.8. The molecule has 0 aliphatic rings. The summed E-state index contributed by atoms with van der Waals surface area (Å²) in [6, 6.07) is 59.7. The van der Waals surface area contributed by atoms with E-state index in [1.165, 1.54) is 52.5 Å². The Balaban J connectivity index is 1.12. The van der Waals surface area contributed by atoms with E-state index in [0.29, 0.717) is 17.5 Å². The molecule has 11 aromatic rings. The number of nitrogens with zero attached hydrogens (tertiary/aromatic N) is 4. The summed E-state index contributed by atoms with van der Waals surface area (Å²) in [4.78, 5) is 20.7. The first kappa shape index (κ1) is 29.9. The summed E-state index contributed by atoms with van der Waals surface area (Å²) < 4.78 is 2.46. The van der Waals surface area contributed by atoms with Crippen LogP contribution in [0.1, 0.15) is 0 Å². The Morgan fingerprint density at radius 2 is 0.792 bits per heavy atom. The Labute approximate surface area is 308 Å². The molecule has 0 radical (unpaired) electrons. The van der Waals surface area contributed by atoms with Gasteiger partial charge in [0.25, 0.3) is 0 Å². The van der Waals surface area contributed by atoms with Crippen LogP contribution in [0.4, 0.5) is 0 Å². The highest BCUT2D eigenvalue weighted by Crippen LogP contribution is 2.41. The molecule has 0 saturated carbocycles. The number of hydrogen-bond acceptors (Lipinski definition) is 5. The van der Waals surface area contributed by atoms with E-state index < -0.39 is 0 Å². The normalized spacial score (nSPS) is 11.8. The van der Waals surface area contributed by atoms with E-state index in [0.717, 1.165) is 38.9 Å². The zero-order valence-electron chi connectivity index (χ0n) is 28.4. The highest BCUT2D eigenvalue weighted by molar-refractivity contribution is 7.26. The van der Waals surface area contributed by atoms with Crippen molar-refractivity contribution in [2.24, 2.45) is 0 Å². The molecule has 0 bridgehead atoms. The number of fused-ring (bicyclic) bond motifs is 11. The lowest BCUT2D eigenvalue weighted by Gasteiger charge is -2.13. The SMILES string of the molecule is c1ccc(-c2nc(-c3cccc(-c4nc5c6ccccc6sc5c5ccccc45)c3)nc(-c3ccc4c5ccccc5c5ccccc5c4c3)n2)cc1. The second kappa shape index (κ2) is 11.9. The molecule has 8 aromatic carbocycles. The molecule has 0 atom stereocenters. The predicted molar refractivity (Wildman–Crippen MR) is 222 cm³/mol. The van der Waals surface area contributed by atoms with Crippen molar-refractivity contribution in [3.05, 3.63) is 170 Å². The Bertz CT molecular complexity index is 3200. The van der Waals surface area contributed by atoms with Crippen LogP contribution in [0.3, 0.4) is 0 Å². The molecule has 0 N–H and O–H groups in total. The van der Waals surface area contributed by atoms with Gasteiger partial charge < -0.3 is 0 Å². The fourth-order valence-electron chi connectivity index (χ4n) is 7.81. The van der Waals surface area contributed by atoms with Gasteiger partial charge in [-0.25, -0.2) is 19.9 Å². The van der Waals surface area contributed by atoms with Crippen LogP contribution in [0.25, 0.3) is 109 Å². The molecule has 0 amide bonds. The molecule has 0 aliphatic carbocycles. The molecule has 0 unspecified atom stereocenters. The third kappa shape index (κ3) is 4.82. The summed E-state index contributed by atoms with van der Waals surface area (Å²) in [6.07, 6.45) is 0. The van der Waals surface area contributed by atoms with Crippen LogP contribution >= 0.6 is 11.3 Å². The van der Waals surface area contributed by atoms with Gasteiger partial charge in [0.05, 0.1) is 15.9 Å². The molecular weight excluding hydrogens is 665 g/mol. The van der Waals surface area contributed by atoms with Crippen molar-refractivity contribution in [1.29, 1.82) is 0 Å². The Hall–Kier alpha value is -6.82. The first-order chi connectivity index (χ1) is 26.3. The van der Waals surface area contributed by atoms with Gasteiger partial charge in [0.2, 0.25) is 0 Å². The minimum absolute atomic E-state index is 0.616. The summed E-state index contributed by atoms with van der Waals surface area (Å²) in [5.74, 6) is 1.88. The van der Waals surface area contributed by atoms with E-state index >= 15 is 0 Å². The van der Waals surface area contributed by atoms with Crippen molar-refractivity contribution < 1.29 is 0 Å². The van der Waals surface area contributed by atoms with Crippen molar-refractivity contribution in [1.82, 2.24) is 19.9 Å². The molecule has 3 aromatic heterocycles. The average Bonchev–Trinajstić information content (AvgIpc) is 3.62. The fraction of sp³-hybridized carbons (Fsp3) is 0. The molecule has 0 fully saturated rings. The Kier molecular flexibility index (Phi) is 6.69. The van der Waals surface area contributed by atoms with Gasteiger partial charge in [-0.3, -0.25) is 0 Å². The smallest absolute Gasteiger partial charge is 0.164 e. The van der Waals surface area contributed by atoms with Gasteiger partial charge in [-0.2, -0.15) is 0 Å². The van der Waals surface area contributed by atoms with E-state index in [-0.39, 0.29) is 0 Å². The summed E-state index contributed by atoms with van der Waals surface area (Å²) >= 11 is 1.81. The van der Waals surface area contributed by atoms with Gasteiger partial charge in [-0.05, 0) is 50.5 Å². The van der Waals surface area contributed by atoms with E-state index in [9.17, 15) is 0 Å². The highest BCUT2D eigenvalue weighted by Gasteiger charge is 2.18. The molecule has 53 heavy (non-hydrogen) atoms. The predicted octanol–water partition coefficient (Wildman–Crippen LogP) is 12.9. The maximum atomic E-state index is 5.36. The van der Waals surface area contributed by atoms with Crippen LogP contribution in [0, 0.1) is 0 Å². The number of pyridine rings is 1. The Morgan fingerprint density at radius 3 is 1.49 bits per heavy atom. The lowest BCUT2D eigenvalue weighted by atomic mass is 9.93. The average molecular weight is 693 g/mol. The van der Waals surface area contributed by atoms with Crippen molar-refractivity contribution in [2.45, 2.75) is 0 Å². The zero-order valence-corrected chi connectivity index (χ0v) is 29.2. The quantitative estimate of drug-likeness (QED) is 0.172. The monoisotopic (exact) mass is 692 g/mol. The number of benzene rings is 8. The maximum absolute atomic E-state index is 5.36. The lowest BCUT2D eigenvalue weighted by molar-refractivity contribution is 1.07. The van der Waals surface area contributed by atoms with E-state index in [1.54, 1.807) is 11.3 Å². The van der Waals surface area contributed by atoms with Crippen LogP contribution < -0.4 is 0 Å². The molecule has 0 saturated heterocycles. The van der Waals surface area contributed by atoms with Crippen LogP contribution in [0.15, 0.2) is 170 Å². The summed E-state index contributed by atoms with van der Waals surface area (Å²) in [5.41, 5.74) is 5.79. The Morgan fingerprint density at radius 1 is 0.302 bits per heavy atom. The van der Waals surface area contributed by atoms with Gasteiger partial charge in [-0.1, -0.05) is 152 Å². The van der Waals surface area contributed by atoms with Crippen LogP contribution in [-0.4, -0.2) is 19.9 Å². The van der Waals surface area contributed by atoms with Crippen LogP contribution in [0.2, 0.25) is 0 Å². The summed E-state index contributed by atoms with van der Waals surface area (Å²) in [6.45, 7) is 0. The maximum Gasteiger partial charge on any atom is 0.164 e. The number of hydrogen-bond donors (Lipinski definition) is 0. The topological polar surface area (TPSA) is 51.6 Å². The molecule has 0 aliphatic heterocycles. The fourth-order valence-corrected chi connectivity index (χ4v) is 8.99. The molecule has 11 rings (SSSR count). The third-order valence-corrected chi connectivity index (χ3v) is 11.5. The molecule has 5 heteroatoms. The largest absolute Gasteiger partial charge is 0.246 e. The van der Waals surface area contributed by atoms with Gasteiger partial charge in [0, 0.05) is 43.1 Å². The first-order valence-electron chi connectivity index (χ1n) is 17.7. The van der Waals surface area contributed by atoms with Crippen molar-refractivity contribution in [3.63, 3.8) is 0 Å².